The predicted molar refractivity (Wildman–Crippen MR) is 89.9 cm³/mol. The molecule has 0 aromatic rings. The second-order valence-corrected chi connectivity index (χ2v) is 10.8. The summed E-state index contributed by atoms with van der Waals surface area (Å²) < 4.78 is 4.74. The summed E-state index contributed by atoms with van der Waals surface area (Å²) in [6, 6.07) is 0. The topological polar surface area (TPSA) is 38.3 Å². The third-order valence-corrected chi connectivity index (χ3v) is 8.26. The minimum absolute atomic E-state index is 0.204. The van der Waals surface area contributed by atoms with Gasteiger partial charge in [0.15, 0.2) is 0 Å². The molecule has 0 fully saturated rings. The second kappa shape index (κ2) is 9.65. The van der Waals surface area contributed by atoms with Crippen LogP contribution in [0.1, 0.15) is 34.6 Å². The van der Waals surface area contributed by atoms with Crippen molar-refractivity contribution in [2.45, 2.75) is 49.1 Å². The molecule has 7 heteroatoms. The molecule has 0 aliphatic heterocycles. The van der Waals surface area contributed by atoms with Gasteiger partial charge in [-0.2, -0.15) is 0 Å². The van der Waals surface area contributed by atoms with Gasteiger partial charge in [0.05, 0.1) is 13.2 Å². The van der Waals surface area contributed by atoms with E-state index in [1.54, 1.807) is 0 Å². The van der Waals surface area contributed by atoms with Crippen LogP contribution in [0.25, 0.3) is 0 Å². The zero-order valence-electron chi connectivity index (χ0n) is 11.7. The number of ether oxygens (including phenoxy) is 1. The molecule has 0 aromatic heterocycles. The van der Waals surface area contributed by atoms with E-state index in [1.807, 2.05) is 30.4 Å². The van der Waals surface area contributed by atoms with Gasteiger partial charge in [0.1, 0.15) is 3.94 Å². The van der Waals surface area contributed by atoms with Gasteiger partial charge in [-0.3, -0.25) is 10.1 Å². The Kier molecular flexibility index (Phi) is 10.1. The van der Waals surface area contributed by atoms with E-state index in [4.69, 9.17) is 16.5 Å². The fourth-order valence-corrected chi connectivity index (χ4v) is 7.92. The highest BCUT2D eigenvalue weighted by Crippen LogP contribution is 2.47. The summed E-state index contributed by atoms with van der Waals surface area (Å²) in [7, 11) is -0.217. The van der Waals surface area contributed by atoms with Gasteiger partial charge in [-0.15, -0.1) is 35.3 Å². The molecular formula is C11H24NO2PS3. The van der Waals surface area contributed by atoms with Crippen LogP contribution in [-0.2, 0) is 21.3 Å². The smallest absolute Gasteiger partial charge is 0.319 e. The Morgan fingerprint density at radius 3 is 2.17 bits per heavy atom. The average molecular weight is 329 g/mol. The summed E-state index contributed by atoms with van der Waals surface area (Å²) in [5, 5.41) is 4.26. The largest absolute Gasteiger partial charge is 0.465 e. The molecule has 0 aliphatic carbocycles. The molecule has 0 spiro atoms. The molecule has 0 rings (SSSR count). The number of carbonyl (C=O) groups is 1. The van der Waals surface area contributed by atoms with E-state index in [9.17, 15) is 4.79 Å². The summed E-state index contributed by atoms with van der Waals surface area (Å²) in [6.45, 7) is 11.1. The maximum Gasteiger partial charge on any atom is 0.319 e. The zero-order valence-corrected chi connectivity index (χ0v) is 15.3. The van der Waals surface area contributed by atoms with Gasteiger partial charge < -0.3 is 4.74 Å². The number of nitrogens with one attached hydrogen (secondary N) is 1. The van der Waals surface area contributed by atoms with Gasteiger partial charge in [0, 0.05) is 10.5 Å². The Morgan fingerprint density at radius 1 is 1.33 bits per heavy atom. The van der Waals surface area contributed by atoms with E-state index in [0.29, 0.717) is 17.1 Å². The maximum atomic E-state index is 11.4. The maximum absolute atomic E-state index is 11.4. The van der Waals surface area contributed by atoms with E-state index in [2.05, 4.69) is 33.0 Å². The lowest BCUT2D eigenvalue weighted by molar-refractivity contribution is -0.141. The summed E-state index contributed by atoms with van der Waals surface area (Å²) in [6.07, 6.45) is 0. The van der Waals surface area contributed by atoms with Gasteiger partial charge in [-0.1, -0.05) is 27.7 Å². The van der Waals surface area contributed by atoms with Crippen molar-refractivity contribution in [3.8, 4) is 0 Å². The van der Waals surface area contributed by atoms with Gasteiger partial charge in [0.2, 0.25) is 0 Å². The van der Waals surface area contributed by atoms with Crippen LogP contribution >= 0.6 is 30.9 Å². The number of rotatable bonds is 9. The van der Waals surface area contributed by atoms with Gasteiger partial charge in [-0.25, -0.2) is 0 Å². The molecule has 3 nitrogen and oxygen atoms in total. The molecule has 0 saturated carbocycles. The van der Waals surface area contributed by atoms with E-state index in [0.717, 1.165) is 0 Å². The molecule has 108 valence electrons. The summed E-state index contributed by atoms with van der Waals surface area (Å²) in [5.41, 5.74) is 0. The highest BCUT2D eigenvalue weighted by molar-refractivity contribution is 8.27. The first-order chi connectivity index (χ1) is 8.35. The van der Waals surface area contributed by atoms with Crippen LogP contribution in [0.15, 0.2) is 0 Å². The Hall–Kier alpha value is 0.780. The van der Waals surface area contributed by atoms with E-state index >= 15 is 0 Å². The number of carbonyl (C=O) groups excluding carboxylic acids is 1. The molecule has 1 N–H and O–H groups in total. The van der Waals surface area contributed by atoms with Crippen molar-refractivity contribution >= 4 is 48.7 Å². The van der Waals surface area contributed by atoms with Gasteiger partial charge in [0.25, 0.3) is 0 Å². The Bertz CT molecular complexity index is 265. The summed E-state index contributed by atoms with van der Waals surface area (Å²) >= 11 is 8.99. The Labute approximate surface area is 125 Å². The van der Waals surface area contributed by atoms with Crippen molar-refractivity contribution in [3.63, 3.8) is 0 Å². The third-order valence-electron chi connectivity index (χ3n) is 1.76. The second-order valence-electron chi connectivity index (χ2n) is 4.28. The lowest BCUT2D eigenvalue weighted by atomic mass is 10.6. The molecule has 1 unspecified atom stereocenters. The fraction of sp³-hybridized carbons (Fsp3) is 0.909. The molecule has 0 heterocycles. The Morgan fingerprint density at radius 2 is 1.83 bits per heavy atom. The van der Waals surface area contributed by atoms with Crippen LogP contribution in [0, 0.1) is 0 Å². The minimum Gasteiger partial charge on any atom is -0.465 e. The number of hydrogen-bond donors (Lipinski definition) is 1. The molecular weight excluding hydrogens is 305 g/mol. The number of hydrogen-bond acceptors (Lipinski definition) is 6. The van der Waals surface area contributed by atoms with Crippen molar-refractivity contribution in [1.82, 2.24) is 5.32 Å². The van der Waals surface area contributed by atoms with Crippen LogP contribution in [-0.4, -0.2) is 33.6 Å². The van der Waals surface area contributed by atoms with Crippen molar-refractivity contribution in [3.05, 3.63) is 0 Å². The lowest BCUT2D eigenvalue weighted by Gasteiger charge is -2.33. The SMILES string of the molecule is CCOC(=O)CNC([PH2]=S)(SC(C)C)SC(C)C. The highest BCUT2D eigenvalue weighted by atomic mass is 32.4. The van der Waals surface area contributed by atoms with Crippen LogP contribution in [0.5, 0.6) is 0 Å². The molecule has 18 heavy (non-hydrogen) atoms. The molecule has 0 radical (unpaired) electrons. The standard InChI is InChI=1S/C11H24NO2PS3/c1-6-14-10(13)7-12-11(15-16,17-8(2)3)18-9(4)5/h8-9,12H,6-7,15H2,1-5H3. The van der Waals surface area contributed by atoms with Crippen LogP contribution in [0.4, 0.5) is 0 Å². The Balaban J connectivity index is 4.62. The zero-order chi connectivity index (χ0) is 14.2. The van der Waals surface area contributed by atoms with Crippen LogP contribution in [0.3, 0.4) is 0 Å². The number of esters is 1. The first-order valence-electron chi connectivity index (χ1n) is 6.07. The molecule has 1 atom stereocenters. The van der Waals surface area contributed by atoms with Crippen LogP contribution in [0.2, 0.25) is 0 Å². The van der Waals surface area contributed by atoms with Crippen molar-refractivity contribution < 1.29 is 9.53 Å². The molecule has 0 saturated heterocycles. The van der Waals surface area contributed by atoms with Crippen molar-refractivity contribution in [2.75, 3.05) is 13.2 Å². The predicted octanol–water partition coefficient (Wildman–Crippen LogP) is 2.91. The van der Waals surface area contributed by atoms with E-state index in [-0.39, 0.29) is 23.8 Å². The first kappa shape index (κ1) is 18.8. The molecule has 0 aromatic carbocycles. The van der Waals surface area contributed by atoms with Crippen molar-refractivity contribution in [1.29, 1.82) is 0 Å². The van der Waals surface area contributed by atoms with Gasteiger partial charge >= 0.3 is 5.97 Å². The van der Waals surface area contributed by atoms with E-state index in [1.165, 1.54) is 0 Å². The quantitative estimate of drug-likeness (QED) is 0.398. The summed E-state index contributed by atoms with van der Waals surface area (Å²) in [5.74, 6) is -0.210. The average Bonchev–Trinajstić information content (AvgIpc) is 2.25. The minimum atomic E-state index is -0.217. The number of thioether (sulfide) groups is 2. The normalized spacial score (nSPS) is 12.8. The monoisotopic (exact) mass is 329 g/mol. The highest BCUT2D eigenvalue weighted by Gasteiger charge is 2.31. The van der Waals surface area contributed by atoms with Gasteiger partial charge in [-0.05, 0) is 14.3 Å². The summed E-state index contributed by atoms with van der Waals surface area (Å²) in [4.78, 5) is 11.4. The lowest BCUT2D eigenvalue weighted by Crippen LogP contribution is -2.40. The first-order valence-corrected chi connectivity index (χ1v) is 10.3. The molecule has 0 aliphatic rings. The van der Waals surface area contributed by atoms with Crippen LogP contribution < -0.4 is 5.32 Å². The van der Waals surface area contributed by atoms with E-state index < -0.39 is 0 Å². The molecule has 0 amide bonds. The van der Waals surface area contributed by atoms with Crippen molar-refractivity contribution in [2.24, 2.45) is 0 Å². The molecule has 0 bridgehead atoms. The fourth-order valence-electron chi connectivity index (χ4n) is 1.32. The third kappa shape index (κ3) is 8.05.